The Balaban J connectivity index is 1.21. The number of hydrogen-bond acceptors (Lipinski definition) is 2. The second kappa shape index (κ2) is 15.2. The molecule has 0 aliphatic carbocycles. The fraction of sp³-hybridized carbons (Fsp3) is 0.0417. The van der Waals surface area contributed by atoms with E-state index in [9.17, 15) is 0 Å². The van der Waals surface area contributed by atoms with Crippen molar-refractivity contribution >= 4 is 58.4 Å². The first-order valence-corrected chi connectivity index (χ1v) is 17.1. The van der Waals surface area contributed by atoms with Crippen LogP contribution in [0.5, 0.6) is 0 Å². The van der Waals surface area contributed by atoms with E-state index in [-0.39, 0.29) is 0 Å². The first-order chi connectivity index (χ1) is 24.6. The quantitative estimate of drug-likeness (QED) is 0.137. The molecule has 242 valence electrons. The largest absolute Gasteiger partial charge is 0.310 e. The van der Waals surface area contributed by atoms with Gasteiger partial charge in [0.15, 0.2) is 0 Å². The van der Waals surface area contributed by atoms with Gasteiger partial charge >= 0.3 is 0 Å². The molecular weight excluding hydrogens is 605 g/mol. The molecule has 0 aliphatic heterocycles. The van der Waals surface area contributed by atoms with Gasteiger partial charge in [-0.25, -0.2) is 0 Å². The summed E-state index contributed by atoms with van der Waals surface area (Å²) in [5.74, 6) is 0. The Morgan fingerprint density at radius 3 is 0.900 bits per heavy atom. The Hall–Kier alpha value is -6.38. The van der Waals surface area contributed by atoms with Crippen molar-refractivity contribution in [2.24, 2.45) is 0 Å². The Morgan fingerprint density at radius 1 is 0.280 bits per heavy atom. The highest BCUT2D eigenvalue weighted by atomic mass is 15.2. The molecule has 7 rings (SSSR count). The first-order valence-electron chi connectivity index (χ1n) is 17.1. The van der Waals surface area contributed by atoms with Crippen molar-refractivity contribution in [1.29, 1.82) is 0 Å². The molecule has 0 saturated carbocycles. The molecule has 0 fully saturated rings. The van der Waals surface area contributed by atoms with Crippen LogP contribution >= 0.6 is 0 Å². The molecule has 0 atom stereocenters. The Labute approximate surface area is 296 Å². The molecule has 0 aromatic heterocycles. The maximum absolute atomic E-state index is 2.33. The number of anilines is 6. The smallest absolute Gasteiger partial charge is 0.0464 e. The Kier molecular flexibility index (Phi) is 9.80. The van der Waals surface area contributed by atoms with E-state index in [1.54, 1.807) is 0 Å². The molecule has 0 saturated heterocycles. The minimum absolute atomic E-state index is 1.09. The maximum Gasteiger partial charge on any atom is 0.0464 e. The number of aryl methyl sites for hydroxylation is 2. The molecule has 0 N–H and O–H groups in total. The van der Waals surface area contributed by atoms with Crippen LogP contribution in [0.2, 0.25) is 0 Å². The molecule has 0 bridgehead atoms. The fourth-order valence-corrected chi connectivity index (χ4v) is 6.16. The third-order valence-electron chi connectivity index (χ3n) is 8.72. The summed E-state index contributed by atoms with van der Waals surface area (Å²) < 4.78 is 0. The highest BCUT2D eigenvalue weighted by molar-refractivity contribution is 5.82. The van der Waals surface area contributed by atoms with Crippen molar-refractivity contribution in [1.82, 2.24) is 0 Å². The average molecular weight is 645 g/mol. The summed E-state index contributed by atoms with van der Waals surface area (Å²) in [6.07, 6.45) is 8.63. The van der Waals surface area contributed by atoms with Gasteiger partial charge in [0.1, 0.15) is 0 Å². The third-order valence-corrected chi connectivity index (χ3v) is 8.72. The molecular formula is C48H40N2. The van der Waals surface area contributed by atoms with Gasteiger partial charge in [-0.3, -0.25) is 0 Å². The van der Waals surface area contributed by atoms with Crippen molar-refractivity contribution in [2.45, 2.75) is 13.8 Å². The lowest BCUT2D eigenvalue weighted by Crippen LogP contribution is -2.12. The zero-order chi connectivity index (χ0) is 34.1. The maximum atomic E-state index is 2.33. The standard InChI is InChI=1S/C48H40N2/c1-37-11-9-17-47(35-37)49(43-27-23-41(24-28-43)21-19-39-13-5-3-6-14-39)45-31-33-46(34-32-45)50(48-18-10-12-38(2)36-48)44-29-25-42(26-30-44)22-20-40-15-7-4-8-16-40/h3-36H,1-2H3/b21-19+,22-20+. The van der Waals surface area contributed by atoms with Gasteiger partial charge in [-0.15, -0.1) is 0 Å². The summed E-state index contributed by atoms with van der Waals surface area (Å²) in [6.45, 7) is 4.29. The van der Waals surface area contributed by atoms with Crippen LogP contribution in [0.1, 0.15) is 33.4 Å². The fourth-order valence-electron chi connectivity index (χ4n) is 6.16. The van der Waals surface area contributed by atoms with E-state index in [2.05, 4.69) is 218 Å². The van der Waals surface area contributed by atoms with Crippen LogP contribution in [-0.2, 0) is 0 Å². The van der Waals surface area contributed by atoms with E-state index in [1.807, 2.05) is 12.1 Å². The Bertz CT molecular complexity index is 2040. The van der Waals surface area contributed by atoms with Gasteiger partial charge in [-0.2, -0.15) is 0 Å². The monoisotopic (exact) mass is 644 g/mol. The molecule has 2 heteroatoms. The molecule has 0 heterocycles. The molecule has 0 unspecified atom stereocenters. The van der Waals surface area contributed by atoms with Crippen LogP contribution in [0.15, 0.2) is 182 Å². The van der Waals surface area contributed by atoms with Crippen LogP contribution < -0.4 is 9.80 Å². The minimum Gasteiger partial charge on any atom is -0.310 e. The molecule has 0 spiro atoms. The van der Waals surface area contributed by atoms with Crippen LogP contribution in [0, 0.1) is 13.8 Å². The lowest BCUT2D eigenvalue weighted by atomic mass is 10.1. The van der Waals surface area contributed by atoms with E-state index in [4.69, 9.17) is 0 Å². The van der Waals surface area contributed by atoms with Gasteiger partial charge in [-0.1, -0.05) is 133 Å². The first kappa shape index (κ1) is 32.2. The molecule has 0 radical (unpaired) electrons. The lowest BCUT2D eigenvalue weighted by Gasteiger charge is -2.28. The second-order valence-corrected chi connectivity index (χ2v) is 12.5. The summed E-state index contributed by atoms with van der Waals surface area (Å²) in [5.41, 5.74) is 13.8. The molecule has 7 aromatic carbocycles. The van der Waals surface area contributed by atoms with E-state index in [1.165, 1.54) is 22.3 Å². The zero-order valence-corrected chi connectivity index (χ0v) is 28.5. The number of nitrogens with zero attached hydrogens (tertiary/aromatic N) is 2. The van der Waals surface area contributed by atoms with Gasteiger partial charge in [0, 0.05) is 34.1 Å². The molecule has 0 amide bonds. The average Bonchev–Trinajstić information content (AvgIpc) is 3.16. The lowest BCUT2D eigenvalue weighted by molar-refractivity contribution is 1.24. The van der Waals surface area contributed by atoms with Crippen molar-refractivity contribution in [3.8, 4) is 0 Å². The third kappa shape index (κ3) is 7.84. The summed E-state index contributed by atoms with van der Waals surface area (Å²) in [6, 6.07) is 64.6. The van der Waals surface area contributed by atoms with Gasteiger partial charge < -0.3 is 9.80 Å². The summed E-state index contributed by atoms with van der Waals surface area (Å²) in [7, 11) is 0. The normalized spacial score (nSPS) is 11.2. The molecule has 2 nitrogen and oxygen atoms in total. The van der Waals surface area contributed by atoms with Crippen molar-refractivity contribution in [2.75, 3.05) is 9.80 Å². The van der Waals surface area contributed by atoms with Crippen molar-refractivity contribution in [3.05, 3.63) is 215 Å². The number of rotatable bonds is 10. The van der Waals surface area contributed by atoms with E-state index in [0.29, 0.717) is 0 Å². The van der Waals surface area contributed by atoms with E-state index in [0.717, 1.165) is 45.3 Å². The van der Waals surface area contributed by atoms with Crippen LogP contribution in [0.4, 0.5) is 34.1 Å². The van der Waals surface area contributed by atoms with Crippen LogP contribution in [-0.4, -0.2) is 0 Å². The van der Waals surface area contributed by atoms with Gasteiger partial charge in [0.25, 0.3) is 0 Å². The number of benzene rings is 7. The zero-order valence-electron chi connectivity index (χ0n) is 28.5. The highest BCUT2D eigenvalue weighted by Crippen LogP contribution is 2.39. The van der Waals surface area contributed by atoms with Crippen molar-refractivity contribution < 1.29 is 0 Å². The molecule has 7 aromatic rings. The topological polar surface area (TPSA) is 6.48 Å². The van der Waals surface area contributed by atoms with E-state index < -0.39 is 0 Å². The van der Waals surface area contributed by atoms with Gasteiger partial charge in [-0.05, 0) is 120 Å². The SMILES string of the molecule is Cc1cccc(N(c2ccc(/C=C/c3ccccc3)cc2)c2ccc(N(c3ccc(/C=C/c4ccccc4)cc3)c3cccc(C)c3)cc2)c1. The summed E-state index contributed by atoms with van der Waals surface area (Å²) >= 11 is 0. The molecule has 50 heavy (non-hydrogen) atoms. The highest BCUT2D eigenvalue weighted by Gasteiger charge is 2.16. The van der Waals surface area contributed by atoms with E-state index >= 15 is 0 Å². The van der Waals surface area contributed by atoms with Crippen LogP contribution in [0.25, 0.3) is 24.3 Å². The second-order valence-electron chi connectivity index (χ2n) is 12.5. The predicted octanol–water partition coefficient (Wildman–Crippen LogP) is 13.6. The van der Waals surface area contributed by atoms with Gasteiger partial charge in [0.05, 0.1) is 0 Å². The minimum atomic E-state index is 1.09. The molecule has 0 aliphatic rings. The van der Waals surface area contributed by atoms with Crippen LogP contribution in [0.3, 0.4) is 0 Å². The Morgan fingerprint density at radius 2 is 0.580 bits per heavy atom. The van der Waals surface area contributed by atoms with Crippen molar-refractivity contribution in [3.63, 3.8) is 0 Å². The predicted molar refractivity (Wildman–Crippen MR) is 216 cm³/mol. The number of hydrogen-bond donors (Lipinski definition) is 0. The summed E-state index contributed by atoms with van der Waals surface area (Å²) in [4.78, 5) is 4.65. The summed E-state index contributed by atoms with van der Waals surface area (Å²) in [5, 5.41) is 0. The van der Waals surface area contributed by atoms with Gasteiger partial charge in [0.2, 0.25) is 0 Å².